The van der Waals surface area contributed by atoms with E-state index in [2.05, 4.69) is 0 Å². The molecule has 5 heteroatoms. The largest absolute Gasteiger partial charge is 0.292 e. The Morgan fingerprint density at radius 3 is 0.794 bits per heavy atom. The van der Waals surface area contributed by atoms with Gasteiger partial charge in [0.25, 0.3) is 0 Å². The number of aryl methyl sites for hydroxylation is 6. The van der Waals surface area contributed by atoms with Crippen molar-refractivity contribution in [3.05, 3.63) is 261 Å². The summed E-state index contributed by atoms with van der Waals surface area (Å²) < 4.78 is 31.2. The average Bonchev–Trinajstić information content (AvgIpc) is 3.29. The zero-order valence-electron chi connectivity index (χ0n) is 36.5. The summed E-state index contributed by atoms with van der Waals surface area (Å²) in [4.78, 5) is 34.0. The lowest BCUT2D eigenvalue weighted by molar-refractivity contribution is 0.0943. The molecule has 8 rings (SSSR count). The molecule has 0 aromatic heterocycles. The molecule has 8 aromatic carbocycles. The first-order valence-electron chi connectivity index (χ1n) is 21.3. The van der Waals surface area contributed by atoms with E-state index >= 15 is 18.0 Å². The molecular formula is C58H50O4S. The van der Waals surface area contributed by atoms with Gasteiger partial charge in [0.05, 0.1) is 0 Å². The number of carbonyl (C=O) groups excluding carboxylic acids is 2. The van der Waals surface area contributed by atoms with E-state index in [-0.39, 0.29) is 33.4 Å². The zero-order chi connectivity index (χ0) is 44.5. The van der Waals surface area contributed by atoms with Gasteiger partial charge in [-0.25, -0.2) is 8.42 Å². The summed E-state index contributed by atoms with van der Waals surface area (Å²) in [6.07, 6.45) is 0. The van der Waals surface area contributed by atoms with E-state index in [9.17, 15) is 0 Å². The number of hydrogen-bond acceptors (Lipinski definition) is 4. The van der Waals surface area contributed by atoms with Crippen molar-refractivity contribution in [3.63, 3.8) is 0 Å². The van der Waals surface area contributed by atoms with Crippen molar-refractivity contribution in [1.29, 1.82) is 0 Å². The second-order valence-electron chi connectivity index (χ2n) is 16.5. The highest BCUT2D eigenvalue weighted by molar-refractivity contribution is 7.95. The van der Waals surface area contributed by atoms with Crippen LogP contribution in [-0.2, 0) is 19.3 Å². The van der Waals surface area contributed by atoms with E-state index in [0.717, 1.165) is 22.3 Å². The van der Waals surface area contributed by atoms with Crippen LogP contribution in [0.4, 0.5) is 0 Å². The summed E-state index contributed by atoms with van der Waals surface area (Å²) in [5.74, 6) is -1.31. The molecule has 0 atom stereocenters. The first kappa shape index (κ1) is 42.7. The van der Waals surface area contributed by atoms with Gasteiger partial charge in [-0.05, 0) is 119 Å². The topological polar surface area (TPSA) is 68.3 Å². The normalized spacial score (nSPS) is 11.9. The maximum absolute atomic E-state index is 18.1. The molecule has 0 unspecified atom stereocenters. The van der Waals surface area contributed by atoms with Gasteiger partial charge in [-0.15, -0.1) is 0 Å². The van der Waals surface area contributed by atoms with Crippen LogP contribution in [0.1, 0.15) is 76.4 Å². The number of carbonyl (C=O) groups is 2. The molecule has 0 bridgehead atoms. The third-order valence-electron chi connectivity index (χ3n) is 12.8. The highest BCUT2D eigenvalue weighted by Crippen LogP contribution is 2.56. The number of sulfone groups is 1. The van der Waals surface area contributed by atoms with Gasteiger partial charge in [0.15, 0.2) is 30.9 Å². The first-order valence-corrected chi connectivity index (χ1v) is 22.8. The van der Waals surface area contributed by atoms with Gasteiger partial charge in [-0.1, -0.05) is 194 Å². The van der Waals surface area contributed by atoms with Crippen LogP contribution in [0.2, 0.25) is 0 Å². The second kappa shape index (κ2) is 17.1. The van der Waals surface area contributed by atoms with E-state index in [1.807, 2.05) is 163 Å². The Kier molecular flexibility index (Phi) is 11.6. The fourth-order valence-electron chi connectivity index (χ4n) is 9.67. The molecule has 0 saturated carbocycles. The van der Waals surface area contributed by atoms with Crippen molar-refractivity contribution in [1.82, 2.24) is 0 Å². The number of Topliss-reactive ketones (excluding diaryl/α,β-unsaturated/α-hetero) is 2. The number of benzene rings is 8. The Morgan fingerprint density at radius 1 is 0.302 bits per heavy atom. The molecule has 0 spiro atoms. The second-order valence-corrected chi connectivity index (χ2v) is 18.7. The van der Waals surface area contributed by atoms with Crippen LogP contribution in [0.15, 0.2) is 194 Å². The Balaban J connectivity index is 1.64. The van der Waals surface area contributed by atoms with E-state index in [1.165, 1.54) is 0 Å². The van der Waals surface area contributed by atoms with Crippen molar-refractivity contribution in [3.8, 4) is 22.3 Å². The Bertz CT molecular complexity index is 2860. The molecule has 8 aromatic rings. The molecule has 312 valence electrons. The number of ketones is 2. The van der Waals surface area contributed by atoms with Crippen molar-refractivity contribution in [2.24, 2.45) is 0 Å². The Hall–Kier alpha value is -6.95. The molecule has 0 N–H and O–H groups in total. The summed E-state index contributed by atoms with van der Waals surface area (Å²) in [7, 11) is -5.30. The van der Waals surface area contributed by atoms with Crippen LogP contribution < -0.4 is 0 Å². The minimum absolute atomic E-state index is 0.220. The van der Waals surface area contributed by atoms with Gasteiger partial charge in [0, 0.05) is 11.1 Å². The van der Waals surface area contributed by atoms with Crippen LogP contribution in [0.3, 0.4) is 0 Å². The van der Waals surface area contributed by atoms with Crippen molar-refractivity contribution >= 4 is 21.4 Å². The lowest BCUT2D eigenvalue weighted by Gasteiger charge is -2.45. The molecule has 0 amide bonds. The van der Waals surface area contributed by atoms with E-state index in [4.69, 9.17) is 0 Å². The first-order chi connectivity index (χ1) is 30.4. The Labute approximate surface area is 371 Å². The molecule has 0 radical (unpaired) electrons. The molecule has 0 aliphatic rings. The third-order valence-corrected chi connectivity index (χ3v) is 15.6. The van der Waals surface area contributed by atoms with Gasteiger partial charge in [-0.2, -0.15) is 0 Å². The molecule has 0 heterocycles. The standard InChI is InChI=1S/C58H50O4S/c1-39-23-7-13-29-45(39)47-31-15-17-33-49(47)55(59)57(51-35-19-9-25-41(51)3,52-36-20-10-26-42(52)4)63(61,62)58(53-37-21-11-27-43(53)5,54-38-22-12-28-44(54)6)56(60)50-34-18-16-32-48(50)46-30-14-8-24-40(46)2/h7-38H,1-6H3. The highest BCUT2D eigenvalue weighted by atomic mass is 32.2. The van der Waals surface area contributed by atoms with Gasteiger partial charge in [0.2, 0.25) is 0 Å². The summed E-state index contributed by atoms with van der Waals surface area (Å²) in [6, 6.07) is 59.0. The minimum atomic E-state index is -5.30. The molecular weight excluding hydrogens is 793 g/mol. The molecule has 4 nitrogen and oxygen atoms in total. The summed E-state index contributed by atoms with van der Waals surface area (Å²) in [5.41, 5.74) is 8.52. The zero-order valence-corrected chi connectivity index (χ0v) is 37.3. The van der Waals surface area contributed by atoms with E-state index < -0.39 is 30.9 Å². The van der Waals surface area contributed by atoms with Crippen LogP contribution in [-0.4, -0.2) is 20.0 Å². The van der Waals surface area contributed by atoms with Crippen LogP contribution in [0.5, 0.6) is 0 Å². The molecule has 63 heavy (non-hydrogen) atoms. The quantitative estimate of drug-likeness (QED) is 0.115. The van der Waals surface area contributed by atoms with Crippen molar-refractivity contribution in [2.75, 3.05) is 0 Å². The van der Waals surface area contributed by atoms with Crippen LogP contribution in [0.25, 0.3) is 22.3 Å². The predicted molar refractivity (Wildman–Crippen MR) is 257 cm³/mol. The van der Waals surface area contributed by atoms with Gasteiger partial charge < -0.3 is 0 Å². The van der Waals surface area contributed by atoms with E-state index in [1.54, 1.807) is 72.8 Å². The lowest BCUT2D eigenvalue weighted by Crippen LogP contribution is -2.58. The van der Waals surface area contributed by atoms with Crippen molar-refractivity contribution in [2.45, 2.75) is 51.0 Å². The predicted octanol–water partition coefficient (Wildman–Crippen LogP) is 13.2. The molecule has 0 saturated heterocycles. The van der Waals surface area contributed by atoms with Crippen LogP contribution in [0, 0.1) is 41.5 Å². The maximum Gasteiger partial charge on any atom is 0.193 e. The smallest absolute Gasteiger partial charge is 0.193 e. The number of hydrogen-bond donors (Lipinski definition) is 0. The fraction of sp³-hybridized carbons (Fsp3) is 0.138. The highest BCUT2D eigenvalue weighted by Gasteiger charge is 2.68. The molecule has 0 aliphatic carbocycles. The SMILES string of the molecule is Cc1ccccc1-c1ccccc1C(=O)C(c1ccccc1C)(c1ccccc1C)S(=O)(=O)C(C(=O)c1ccccc1-c1ccccc1C)(c1ccccc1C)c1ccccc1C. The molecule has 0 fully saturated rings. The number of rotatable bonds is 12. The van der Waals surface area contributed by atoms with E-state index in [0.29, 0.717) is 33.4 Å². The minimum Gasteiger partial charge on any atom is -0.292 e. The fourth-order valence-corrected chi connectivity index (χ4v) is 12.9. The van der Waals surface area contributed by atoms with Gasteiger partial charge in [-0.3, -0.25) is 9.59 Å². The summed E-state index contributed by atoms with van der Waals surface area (Å²) in [6.45, 7) is 11.3. The van der Waals surface area contributed by atoms with Crippen LogP contribution >= 0.6 is 0 Å². The summed E-state index contributed by atoms with van der Waals surface area (Å²) >= 11 is 0. The van der Waals surface area contributed by atoms with Gasteiger partial charge >= 0.3 is 0 Å². The maximum atomic E-state index is 18.1. The monoisotopic (exact) mass is 842 g/mol. The average molecular weight is 843 g/mol. The summed E-state index contributed by atoms with van der Waals surface area (Å²) in [5, 5.41) is 0. The van der Waals surface area contributed by atoms with Crippen molar-refractivity contribution < 1.29 is 18.0 Å². The van der Waals surface area contributed by atoms with Gasteiger partial charge in [0.1, 0.15) is 0 Å². The lowest BCUT2D eigenvalue weighted by atomic mass is 9.77. The Morgan fingerprint density at radius 2 is 0.524 bits per heavy atom. The third kappa shape index (κ3) is 6.79. The molecule has 0 aliphatic heterocycles.